The Hall–Kier alpha value is -4.22. The Balaban J connectivity index is 1.50. The second-order valence-corrected chi connectivity index (χ2v) is 8.40. The van der Waals surface area contributed by atoms with Crippen LogP contribution in [0.5, 0.6) is 0 Å². The molecular formula is C27H25FN4O3. The van der Waals surface area contributed by atoms with Crippen LogP contribution in [0.4, 0.5) is 20.6 Å². The molecule has 3 aromatic rings. The lowest BCUT2D eigenvalue weighted by molar-refractivity contribution is -0.119. The van der Waals surface area contributed by atoms with Crippen molar-refractivity contribution in [3.8, 4) is 17.2 Å². The van der Waals surface area contributed by atoms with E-state index < -0.39 is 23.8 Å². The number of halogens is 1. The lowest BCUT2D eigenvalue weighted by atomic mass is 10.00. The Morgan fingerprint density at radius 1 is 1.09 bits per heavy atom. The average Bonchev–Trinajstić information content (AvgIpc) is 3.31. The maximum Gasteiger partial charge on any atom is 0.322 e. The second kappa shape index (κ2) is 10.4. The Labute approximate surface area is 203 Å². The van der Waals surface area contributed by atoms with Crippen molar-refractivity contribution < 1.29 is 18.7 Å². The summed E-state index contributed by atoms with van der Waals surface area (Å²) < 4.78 is 20.3. The van der Waals surface area contributed by atoms with Crippen LogP contribution in [0.15, 0.2) is 66.7 Å². The Morgan fingerprint density at radius 2 is 1.83 bits per heavy atom. The molecule has 178 valence electrons. The van der Waals surface area contributed by atoms with Crippen LogP contribution < -0.4 is 10.6 Å². The average molecular weight is 473 g/mol. The number of carbonyl (C=O) groups excluding carboxylic acids is 2. The first kappa shape index (κ1) is 23.9. The molecule has 4 rings (SSSR count). The minimum Gasteiger partial charge on any atom is -0.380 e. The van der Waals surface area contributed by atoms with E-state index in [1.165, 1.54) is 24.1 Å². The number of hydrogen-bond donors (Lipinski definition) is 2. The highest BCUT2D eigenvalue weighted by Gasteiger charge is 2.40. The Morgan fingerprint density at radius 3 is 2.51 bits per heavy atom. The number of aryl methyl sites for hydroxylation is 1. The molecule has 0 bridgehead atoms. The highest BCUT2D eigenvalue weighted by atomic mass is 19.1. The molecule has 0 saturated carbocycles. The van der Waals surface area contributed by atoms with Gasteiger partial charge in [0.2, 0.25) is 5.91 Å². The first-order valence-corrected chi connectivity index (χ1v) is 11.2. The summed E-state index contributed by atoms with van der Waals surface area (Å²) in [6.45, 7) is 2.18. The molecule has 1 heterocycles. The zero-order valence-electron chi connectivity index (χ0n) is 19.4. The van der Waals surface area contributed by atoms with Gasteiger partial charge in [0.1, 0.15) is 11.9 Å². The minimum atomic E-state index is -0.830. The fourth-order valence-corrected chi connectivity index (χ4v) is 4.11. The number of methoxy groups -OCH3 is 1. The predicted molar refractivity (Wildman–Crippen MR) is 131 cm³/mol. The van der Waals surface area contributed by atoms with Crippen molar-refractivity contribution in [1.82, 2.24) is 4.90 Å². The predicted octanol–water partition coefficient (Wildman–Crippen LogP) is 4.93. The van der Waals surface area contributed by atoms with E-state index in [0.717, 1.165) is 5.56 Å². The number of benzene rings is 3. The quantitative estimate of drug-likeness (QED) is 0.550. The van der Waals surface area contributed by atoms with Gasteiger partial charge in [-0.15, -0.1) is 0 Å². The summed E-state index contributed by atoms with van der Waals surface area (Å²) in [6, 6.07) is 19.4. The van der Waals surface area contributed by atoms with Gasteiger partial charge >= 0.3 is 6.03 Å². The van der Waals surface area contributed by atoms with Gasteiger partial charge in [0, 0.05) is 25.8 Å². The van der Waals surface area contributed by atoms with Gasteiger partial charge < -0.3 is 20.3 Å². The third-order valence-corrected chi connectivity index (χ3v) is 6.05. The molecule has 0 radical (unpaired) electrons. The molecule has 0 aromatic heterocycles. The summed E-state index contributed by atoms with van der Waals surface area (Å²) in [5, 5.41) is 14.7. The minimum absolute atomic E-state index is 0.00653. The summed E-state index contributed by atoms with van der Waals surface area (Å²) in [5.41, 5.74) is 3.22. The van der Waals surface area contributed by atoms with Crippen molar-refractivity contribution in [2.24, 2.45) is 0 Å². The third-order valence-electron chi connectivity index (χ3n) is 6.05. The van der Waals surface area contributed by atoms with Crippen LogP contribution in [0.25, 0.3) is 11.1 Å². The smallest absolute Gasteiger partial charge is 0.322 e. The van der Waals surface area contributed by atoms with Crippen LogP contribution in [-0.2, 0) is 9.53 Å². The van der Waals surface area contributed by atoms with Gasteiger partial charge in [0.15, 0.2) is 0 Å². The lowest BCUT2D eigenvalue weighted by Gasteiger charge is -2.24. The van der Waals surface area contributed by atoms with E-state index in [1.807, 2.05) is 19.1 Å². The SMILES string of the molecule is CO[C@@H]1C[C@H](C(=O)Nc2ccc(-c3ccccc3C#N)cc2F)N(C(=O)Nc2ccc(C)cc2)C1. The van der Waals surface area contributed by atoms with Gasteiger partial charge in [-0.2, -0.15) is 5.26 Å². The first-order chi connectivity index (χ1) is 16.9. The first-order valence-electron chi connectivity index (χ1n) is 11.2. The zero-order chi connectivity index (χ0) is 24.9. The molecule has 2 N–H and O–H groups in total. The molecule has 1 saturated heterocycles. The Kier molecular flexibility index (Phi) is 7.09. The van der Waals surface area contributed by atoms with Crippen LogP contribution in [0.3, 0.4) is 0 Å². The van der Waals surface area contributed by atoms with E-state index in [2.05, 4.69) is 16.7 Å². The van der Waals surface area contributed by atoms with E-state index in [1.54, 1.807) is 42.5 Å². The summed E-state index contributed by atoms with van der Waals surface area (Å²) in [5.74, 6) is -1.15. The van der Waals surface area contributed by atoms with E-state index in [9.17, 15) is 19.2 Å². The number of ether oxygens (including phenoxy) is 1. The van der Waals surface area contributed by atoms with E-state index in [0.29, 0.717) is 28.8 Å². The number of amides is 3. The molecule has 2 atom stereocenters. The van der Waals surface area contributed by atoms with Gasteiger partial charge in [-0.25, -0.2) is 9.18 Å². The van der Waals surface area contributed by atoms with Crippen molar-refractivity contribution in [1.29, 1.82) is 5.26 Å². The van der Waals surface area contributed by atoms with Gasteiger partial charge in [0.25, 0.3) is 0 Å². The van der Waals surface area contributed by atoms with Crippen LogP contribution in [0.2, 0.25) is 0 Å². The molecule has 1 aliphatic heterocycles. The maximum atomic E-state index is 14.9. The van der Waals surface area contributed by atoms with E-state index in [-0.39, 0.29) is 18.3 Å². The largest absolute Gasteiger partial charge is 0.380 e. The van der Waals surface area contributed by atoms with E-state index in [4.69, 9.17) is 4.74 Å². The molecule has 7 nitrogen and oxygen atoms in total. The standard InChI is InChI=1S/C27H25FN4O3/c1-17-7-10-20(11-8-17)30-27(34)32-16-21(35-2)14-25(32)26(33)31-24-12-9-18(13-23(24)28)22-6-4-3-5-19(22)15-29/h3-13,21,25H,14,16H2,1-2H3,(H,30,34)(H,31,33)/t21-,25-/m1/s1. The highest BCUT2D eigenvalue weighted by molar-refractivity contribution is 6.00. The Bertz CT molecular complexity index is 1290. The van der Waals surface area contributed by atoms with Gasteiger partial charge in [-0.1, -0.05) is 42.0 Å². The number of nitrogens with one attached hydrogen (secondary N) is 2. The van der Waals surface area contributed by atoms with Crippen LogP contribution >= 0.6 is 0 Å². The van der Waals surface area contributed by atoms with Gasteiger partial charge in [0.05, 0.1) is 23.4 Å². The number of nitrogens with zero attached hydrogens (tertiary/aromatic N) is 2. The number of anilines is 2. The van der Waals surface area contributed by atoms with Crippen molar-refractivity contribution in [2.45, 2.75) is 25.5 Å². The fraction of sp³-hybridized carbons (Fsp3) is 0.222. The molecule has 0 unspecified atom stereocenters. The van der Waals surface area contributed by atoms with Crippen molar-refractivity contribution in [3.05, 3.63) is 83.7 Å². The molecular weight excluding hydrogens is 447 g/mol. The monoisotopic (exact) mass is 472 g/mol. The molecule has 3 aromatic carbocycles. The van der Waals surface area contributed by atoms with Gasteiger partial charge in [-0.3, -0.25) is 4.79 Å². The summed E-state index contributed by atoms with van der Waals surface area (Å²) in [7, 11) is 1.53. The molecule has 1 aliphatic rings. The van der Waals surface area contributed by atoms with Gasteiger partial charge in [-0.05, 0) is 48.4 Å². The number of nitriles is 1. The molecule has 3 amide bonds. The summed E-state index contributed by atoms with van der Waals surface area (Å²) in [6.07, 6.45) is -0.0250. The fourth-order valence-electron chi connectivity index (χ4n) is 4.11. The number of carbonyl (C=O) groups is 2. The van der Waals surface area contributed by atoms with Crippen LogP contribution in [0, 0.1) is 24.1 Å². The number of urea groups is 1. The molecule has 0 aliphatic carbocycles. The molecule has 0 spiro atoms. The third kappa shape index (κ3) is 5.31. The topological polar surface area (TPSA) is 94.5 Å². The van der Waals surface area contributed by atoms with Crippen LogP contribution in [-0.4, -0.2) is 42.6 Å². The second-order valence-electron chi connectivity index (χ2n) is 8.40. The number of likely N-dealkylation sites (tertiary alicyclic amines) is 1. The summed E-state index contributed by atoms with van der Waals surface area (Å²) in [4.78, 5) is 27.4. The maximum absolute atomic E-state index is 14.9. The van der Waals surface area contributed by atoms with Crippen LogP contribution in [0.1, 0.15) is 17.5 Å². The zero-order valence-corrected chi connectivity index (χ0v) is 19.4. The molecule has 1 fully saturated rings. The van der Waals surface area contributed by atoms with Crippen molar-refractivity contribution >= 4 is 23.3 Å². The highest BCUT2D eigenvalue weighted by Crippen LogP contribution is 2.28. The van der Waals surface area contributed by atoms with Crippen molar-refractivity contribution in [3.63, 3.8) is 0 Å². The lowest BCUT2D eigenvalue weighted by Crippen LogP contribution is -2.45. The summed E-state index contributed by atoms with van der Waals surface area (Å²) >= 11 is 0. The van der Waals surface area contributed by atoms with Crippen molar-refractivity contribution in [2.75, 3.05) is 24.3 Å². The number of rotatable bonds is 5. The van der Waals surface area contributed by atoms with E-state index >= 15 is 0 Å². The number of hydrogen-bond acceptors (Lipinski definition) is 4. The normalized spacial score (nSPS) is 17.0. The molecule has 35 heavy (non-hydrogen) atoms. The molecule has 8 heteroatoms.